The van der Waals surface area contributed by atoms with Gasteiger partial charge in [0.1, 0.15) is 0 Å². The van der Waals surface area contributed by atoms with Crippen LogP contribution in [0.2, 0.25) is 0 Å². The maximum absolute atomic E-state index is 11.1. The first kappa shape index (κ1) is 11.8. The van der Waals surface area contributed by atoms with Gasteiger partial charge >= 0.3 is 0 Å². The fourth-order valence-electron chi connectivity index (χ4n) is 0.890. The molecule has 0 aromatic heterocycles. The SMILES string of the molecule is CCCCNC(=O)CCCCS. The van der Waals surface area contributed by atoms with Crippen LogP contribution in [-0.4, -0.2) is 18.2 Å². The van der Waals surface area contributed by atoms with Crippen LogP contribution in [0.1, 0.15) is 39.0 Å². The third-order valence-corrected chi connectivity index (χ3v) is 1.98. The maximum Gasteiger partial charge on any atom is 0.219 e. The molecule has 0 fully saturated rings. The summed E-state index contributed by atoms with van der Waals surface area (Å²) in [7, 11) is 0. The van der Waals surface area contributed by atoms with Gasteiger partial charge in [0, 0.05) is 13.0 Å². The van der Waals surface area contributed by atoms with Gasteiger partial charge in [-0.3, -0.25) is 4.79 Å². The third-order valence-electron chi connectivity index (χ3n) is 1.66. The lowest BCUT2D eigenvalue weighted by molar-refractivity contribution is -0.121. The van der Waals surface area contributed by atoms with E-state index in [4.69, 9.17) is 0 Å². The van der Waals surface area contributed by atoms with Crippen LogP contribution in [0.4, 0.5) is 0 Å². The molecule has 0 aromatic rings. The fourth-order valence-corrected chi connectivity index (χ4v) is 1.11. The largest absolute Gasteiger partial charge is 0.356 e. The lowest BCUT2D eigenvalue weighted by Crippen LogP contribution is -2.23. The predicted octanol–water partition coefficient (Wildman–Crippen LogP) is 2.00. The first-order valence-corrected chi connectivity index (χ1v) is 5.32. The van der Waals surface area contributed by atoms with E-state index in [1.165, 1.54) is 0 Å². The van der Waals surface area contributed by atoms with Gasteiger partial charge in [0.25, 0.3) is 0 Å². The van der Waals surface area contributed by atoms with Crippen molar-refractivity contribution in [2.75, 3.05) is 12.3 Å². The Balaban J connectivity index is 3.10. The van der Waals surface area contributed by atoms with E-state index in [0.29, 0.717) is 6.42 Å². The number of hydrogen-bond donors (Lipinski definition) is 2. The number of unbranched alkanes of at least 4 members (excludes halogenated alkanes) is 2. The second-order valence-electron chi connectivity index (χ2n) is 2.88. The standard InChI is InChI=1S/C9H19NOS/c1-2-3-7-10-9(11)6-4-5-8-12/h12H,2-8H2,1H3,(H,10,11). The number of carbonyl (C=O) groups excluding carboxylic acids is 1. The summed E-state index contributed by atoms with van der Waals surface area (Å²) in [6, 6.07) is 0. The summed E-state index contributed by atoms with van der Waals surface area (Å²) in [5.41, 5.74) is 0. The summed E-state index contributed by atoms with van der Waals surface area (Å²) in [6.07, 6.45) is 4.87. The third kappa shape index (κ3) is 7.92. The molecule has 0 aliphatic carbocycles. The molecule has 3 heteroatoms. The smallest absolute Gasteiger partial charge is 0.219 e. The number of nitrogens with one attached hydrogen (secondary N) is 1. The molecule has 1 amide bonds. The van der Waals surface area contributed by atoms with Gasteiger partial charge in [0.15, 0.2) is 0 Å². The van der Waals surface area contributed by atoms with Crippen molar-refractivity contribution in [1.82, 2.24) is 5.32 Å². The van der Waals surface area contributed by atoms with Gasteiger partial charge < -0.3 is 5.32 Å². The summed E-state index contributed by atoms with van der Waals surface area (Å²) >= 11 is 4.08. The number of amides is 1. The number of thiol groups is 1. The molecule has 0 unspecified atom stereocenters. The van der Waals surface area contributed by atoms with Gasteiger partial charge in [-0.25, -0.2) is 0 Å². The summed E-state index contributed by atoms with van der Waals surface area (Å²) in [5.74, 6) is 1.06. The van der Waals surface area contributed by atoms with Crippen LogP contribution >= 0.6 is 12.6 Å². The molecule has 0 saturated heterocycles. The highest BCUT2D eigenvalue weighted by molar-refractivity contribution is 7.80. The lowest BCUT2D eigenvalue weighted by Gasteiger charge is -2.02. The van der Waals surface area contributed by atoms with Gasteiger partial charge in [-0.15, -0.1) is 0 Å². The Bertz CT molecular complexity index is 105. The summed E-state index contributed by atoms with van der Waals surface area (Å²) in [6.45, 7) is 2.95. The average Bonchev–Trinajstić information content (AvgIpc) is 2.06. The Morgan fingerprint density at radius 2 is 2.08 bits per heavy atom. The first-order chi connectivity index (χ1) is 5.81. The molecule has 12 heavy (non-hydrogen) atoms. The number of carbonyl (C=O) groups is 1. The second kappa shape index (κ2) is 8.91. The zero-order valence-corrected chi connectivity index (χ0v) is 8.70. The minimum atomic E-state index is 0.185. The zero-order chi connectivity index (χ0) is 9.23. The van der Waals surface area contributed by atoms with Crippen LogP contribution in [-0.2, 0) is 4.79 Å². The van der Waals surface area contributed by atoms with E-state index in [1.807, 2.05) is 0 Å². The maximum atomic E-state index is 11.1. The molecule has 0 saturated carbocycles. The summed E-state index contributed by atoms with van der Waals surface area (Å²) in [5, 5.41) is 2.88. The van der Waals surface area contributed by atoms with Crippen LogP contribution in [0, 0.1) is 0 Å². The summed E-state index contributed by atoms with van der Waals surface area (Å²) in [4.78, 5) is 11.1. The predicted molar refractivity (Wildman–Crippen MR) is 55.6 cm³/mol. The Kier molecular flexibility index (Phi) is 8.78. The molecule has 0 aliphatic rings. The van der Waals surface area contributed by atoms with Crippen molar-refractivity contribution in [3.63, 3.8) is 0 Å². The molecule has 0 radical (unpaired) electrons. The van der Waals surface area contributed by atoms with E-state index in [-0.39, 0.29) is 5.91 Å². The van der Waals surface area contributed by atoms with Gasteiger partial charge in [-0.1, -0.05) is 13.3 Å². The zero-order valence-electron chi connectivity index (χ0n) is 7.81. The molecule has 1 N–H and O–H groups in total. The minimum Gasteiger partial charge on any atom is -0.356 e. The normalized spacial score (nSPS) is 9.83. The van der Waals surface area contributed by atoms with Crippen LogP contribution in [0.5, 0.6) is 0 Å². The molecule has 0 heterocycles. The van der Waals surface area contributed by atoms with Crippen molar-refractivity contribution in [3.05, 3.63) is 0 Å². The van der Waals surface area contributed by atoms with Crippen LogP contribution in [0.15, 0.2) is 0 Å². The van der Waals surface area contributed by atoms with Crippen LogP contribution < -0.4 is 5.32 Å². The number of hydrogen-bond acceptors (Lipinski definition) is 2. The Morgan fingerprint density at radius 1 is 1.33 bits per heavy atom. The highest BCUT2D eigenvalue weighted by Gasteiger charge is 1.98. The lowest BCUT2D eigenvalue weighted by atomic mass is 10.2. The first-order valence-electron chi connectivity index (χ1n) is 4.68. The molecular weight excluding hydrogens is 170 g/mol. The van der Waals surface area contributed by atoms with Crippen molar-refractivity contribution in [2.45, 2.75) is 39.0 Å². The van der Waals surface area contributed by atoms with E-state index in [2.05, 4.69) is 24.9 Å². The number of rotatable bonds is 7. The van der Waals surface area contributed by atoms with Gasteiger partial charge in [0.05, 0.1) is 0 Å². The van der Waals surface area contributed by atoms with Crippen molar-refractivity contribution >= 4 is 18.5 Å². The van der Waals surface area contributed by atoms with Gasteiger partial charge in [-0.05, 0) is 25.0 Å². The molecular formula is C9H19NOS. The van der Waals surface area contributed by atoms with E-state index < -0.39 is 0 Å². The molecule has 0 bridgehead atoms. The quantitative estimate of drug-likeness (QED) is 0.465. The van der Waals surface area contributed by atoms with Crippen LogP contribution in [0.25, 0.3) is 0 Å². The molecule has 0 atom stereocenters. The van der Waals surface area contributed by atoms with Crippen LogP contribution in [0.3, 0.4) is 0 Å². The second-order valence-corrected chi connectivity index (χ2v) is 3.33. The van der Waals surface area contributed by atoms with E-state index in [9.17, 15) is 4.79 Å². The molecule has 72 valence electrons. The highest BCUT2D eigenvalue weighted by Crippen LogP contribution is 1.96. The summed E-state index contributed by atoms with van der Waals surface area (Å²) < 4.78 is 0. The van der Waals surface area contributed by atoms with E-state index >= 15 is 0 Å². The molecule has 0 spiro atoms. The van der Waals surface area contributed by atoms with Gasteiger partial charge in [0.2, 0.25) is 5.91 Å². The average molecular weight is 189 g/mol. The Labute approximate surface area is 80.5 Å². The van der Waals surface area contributed by atoms with Crippen molar-refractivity contribution < 1.29 is 4.79 Å². The molecule has 0 aromatic carbocycles. The topological polar surface area (TPSA) is 29.1 Å². The molecule has 2 nitrogen and oxygen atoms in total. The van der Waals surface area contributed by atoms with Crippen molar-refractivity contribution in [3.8, 4) is 0 Å². The molecule has 0 aliphatic heterocycles. The Morgan fingerprint density at radius 3 is 2.67 bits per heavy atom. The van der Waals surface area contributed by atoms with E-state index in [1.54, 1.807) is 0 Å². The van der Waals surface area contributed by atoms with Crippen molar-refractivity contribution in [1.29, 1.82) is 0 Å². The highest BCUT2D eigenvalue weighted by atomic mass is 32.1. The van der Waals surface area contributed by atoms with E-state index in [0.717, 1.165) is 38.0 Å². The Hall–Kier alpha value is -0.180. The monoisotopic (exact) mass is 189 g/mol. The fraction of sp³-hybridized carbons (Fsp3) is 0.889. The van der Waals surface area contributed by atoms with Gasteiger partial charge in [-0.2, -0.15) is 12.6 Å². The molecule has 0 rings (SSSR count). The van der Waals surface area contributed by atoms with Crippen molar-refractivity contribution in [2.24, 2.45) is 0 Å². The minimum absolute atomic E-state index is 0.185.